The molecule has 62 valence electrons. The van der Waals surface area contributed by atoms with Crippen molar-refractivity contribution in [2.75, 3.05) is 6.61 Å². The first-order chi connectivity index (χ1) is 4.54. The summed E-state index contributed by atoms with van der Waals surface area (Å²) in [5.74, 6) is 0.690. The van der Waals surface area contributed by atoms with E-state index in [-0.39, 0.29) is 0 Å². The molecule has 0 aliphatic rings. The molecule has 10 heavy (non-hydrogen) atoms. The van der Waals surface area contributed by atoms with Crippen LogP contribution in [0.4, 0.5) is 0 Å². The highest BCUT2D eigenvalue weighted by atomic mass is 28.2. The van der Waals surface area contributed by atoms with E-state index >= 15 is 0 Å². The fourth-order valence-electron chi connectivity index (χ4n) is 0.824. The van der Waals surface area contributed by atoms with Crippen LogP contribution < -0.4 is 0 Å². The fraction of sp³-hybridized carbons (Fsp3) is 1.00. The fourth-order valence-corrected chi connectivity index (χ4v) is 1.32. The maximum atomic E-state index is 5.23. The maximum absolute atomic E-state index is 5.23. The zero-order valence-corrected chi connectivity index (χ0v) is 9.90. The van der Waals surface area contributed by atoms with Crippen molar-refractivity contribution < 1.29 is 4.43 Å². The van der Waals surface area contributed by atoms with Crippen molar-refractivity contribution in [2.24, 2.45) is 11.3 Å². The summed E-state index contributed by atoms with van der Waals surface area (Å²) in [5.41, 5.74) is 0.449. The van der Waals surface area contributed by atoms with Gasteiger partial charge in [-0.25, -0.2) is 0 Å². The van der Waals surface area contributed by atoms with E-state index in [1.807, 2.05) is 0 Å². The van der Waals surface area contributed by atoms with Gasteiger partial charge in [-0.3, -0.25) is 0 Å². The van der Waals surface area contributed by atoms with Crippen molar-refractivity contribution in [1.82, 2.24) is 0 Å². The number of rotatable bonds is 4. The molecule has 0 heterocycles. The van der Waals surface area contributed by atoms with Crippen LogP contribution >= 0.6 is 0 Å². The molecule has 2 heteroatoms. The molecule has 0 amide bonds. The summed E-state index contributed by atoms with van der Waals surface area (Å²) in [6.07, 6.45) is 1.24. The Morgan fingerprint density at radius 3 is 2.30 bits per heavy atom. The lowest BCUT2D eigenvalue weighted by Gasteiger charge is -2.30. The van der Waals surface area contributed by atoms with Gasteiger partial charge in [-0.15, -0.1) is 0 Å². The second kappa shape index (κ2) is 4.14. The van der Waals surface area contributed by atoms with Gasteiger partial charge in [0, 0.05) is 6.61 Å². The molecular formula is C8H20OSi. The van der Waals surface area contributed by atoms with Gasteiger partial charge in [-0.2, -0.15) is 0 Å². The van der Waals surface area contributed by atoms with Gasteiger partial charge in [0.2, 0.25) is 0 Å². The van der Waals surface area contributed by atoms with E-state index in [2.05, 4.69) is 27.7 Å². The summed E-state index contributed by atoms with van der Waals surface area (Å²) < 4.78 is 5.23. The average Bonchev–Trinajstić information content (AvgIpc) is 1.89. The van der Waals surface area contributed by atoms with Crippen LogP contribution in [0.25, 0.3) is 0 Å². The van der Waals surface area contributed by atoms with Crippen LogP contribution in [0.5, 0.6) is 0 Å². The van der Waals surface area contributed by atoms with Gasteiger partial charge in [0.05, 0.1) is 0 Å². The Kier molecular flexibility index (Phi) is 4.21. The molecule has 1 unspecified atom stereocenters. The molecule has 0 aliphatic heterocycles. The molecular weight excluding hydrogens is 140 g/mol. The summed E-state index contributed by atoms with van der Waals surface area (Å²) in [6.45, 7) is 10.1. The molecule has 0 aromatic rings. The van der Waals surface area contributed by atoms with Crippen molar-refractivity contribution >= 4 is 10.5 Å². The van der Waals surface area contributed by atoms with Crippen LogP contribution in [0.15, 0.2) is 0 Å². The topological polar surface area (TPSA) is 9.23 Å². The zero-order chi connectivity index (χ0) is 8.20. The van der Waals surface area contributed by atoms with Gasteiger partial charge in [-0.05, 0) is 11.3 Å². The minimum Gasteiger partial charge on any atom is -0.428 e. The van der Waals surface area contributed by atoms with E-state index in [4.69, 9.17) is 4.43 Å². The molecule has 0 rings (SSSR count). The summed E-state index contributed by atoms with van der Waals surface area (Å²) in [7, 11) is 0.873. The molecule has 0 fully saturated rings. The van der Waals surface area contributed by atoms with Crippen molar-refractivity contribution in [1.29, 1.82) is 0 Å². The minimum absolute atomic E-state index is 0.449. The van der Waals surface area contributed by atoms with Gasteiger partial charge < -0.3 is 4.43 Å². The van der Waals surface area contributed by atoms with Crippen LogP contribution in [0.2, 0.25) is 0 Å². The minimum atomic E-state index is 0.449. The number of hydrogen-bond acceptors (Lipinski definition) is 1. The molecule has 0 radical (unpaired) electrons. The SMILES string of the molecule is CCC(C)(C)C(C)CO[SiH3]. The maximum Gasteiger partial charge on any atom is 0.145 e. The quantitative estimate of drug-likeness (QED) is 0.564. The normalized spacial score (nSPS) is 15.6. The summed E-state index contributed by atoms with van der Waals surface area (Å²) in [4.78, 5) is 0. The van der Waals surface area contributed by atoms with Gasteiger partial charge >= 0.3 is 0 Å². The second-order valence-electron chi connectivity index (χ2n) is 3.70. The zero-order valence-electron chi connectivity index (χ0n) is 7.90. The third-order valence-corrected chi connectivity index (χ3v) is 3.00. The van der Waals surface area contributed by atoms with Crippen molar-refractivity contribution in [3.63, 3.8) is 0 Å². The van der Waals surface area contributed by atoms with Crippen LogP contribution in [0.1, 0.15) is 34.1 Å². The molecule has 0 aromatic heterocycles. The van der Waals surface area contributed by atoms with E-state index in [0.29, 0.717) is 11.3 Å². The van der Waals surface area contributed by atoms with Gasteiger partial charge in [-0.1, -0.05) is 34.1 Å². The summed E-state index contributed by atoms with van der Waals surface area (Å²) >= 11 is 0. The molecule has 0 saturated heterocycles. The van der Waals surface area contributed by atoms with E-state index in [1.165, 1.54) is 6.42 Å². The third-order valence-electron chi connectivity index (χ3n) is 2.66. The first-order valence-corrected chi connectivity index (χ1v) is 4.85. The first-order valence-electron chi connectivity index (χ1n) is 4.03. The van der Waals surface area contributed by atoms with Crippen molar-refractivity contribution in [3.05, 3.63) is 0 Å². The monoisotopic (exact) mass is 160 g/mol. The standard InChI is InChI=1S/C8H20OSi/c1-5-8(3,4)7(2)6-9-10/h7H,5-6H2,1-4,10H3. The lowest BCUT2D eigenvalue weighted by atomic mass is 9.78. The molecule has 0 aliphatic carbocycles. The largest absolute Gasteiger partial charge is 0.428 e. The van der Waals surface area contributed by atoms with Crippen LogP contribution in [-0.2, 0) is 4.43 Å². The highest BCUT2D eigenvalue weighted by Crippen LogP contribution is 2.29. The Balaban J connectivity index is 3.78. The summed E-state index contributed by atoms with van der Waals surface area (Å²) in [6, 6.07) is 0. The lowest BCUT2D eigenvalue weighted by Crippen LogP contribution is -2.24. The average molecular weight is 160 g/mol. The Hall–Kier alpha value is 0.177. The van der Waals surface area contributed by atoms with Gasteiger partial charge in [0.15, 0.2) is 0 Å². The van der Waals surface area contributed by atoms with Crippen LogP contribution in [0, 0.1) is 11.3 Å². The molecule has 0 saturated carbocycles. The third kappa shape index (κ3) is 2.84. The van der Waals surface area contributed by atoms with E-state index in [1.54, 1.807) is 0 Å². The molecule has 0 spiro atoms. The van der Waals surface area contributed by atoms with E-state index in [9.17, 15) is 0 Å². The lowest BCUT2D eigenvalue weighted by molar-refractivity contribution is 0.148. The smallest absolute Gasteiger partial charge is 0.145 e. The predicted octanol–water partition coefficient (Wildman–Crippen LogP) is 1.36. The first kappa shape index (κ1) is 10.2. The highest BCUT2D eigenvalue weighted by Gasteiger charge is 2.22. The molecule has 0 N–H and O–H groups in total. The number of hydrogen-bond donors (Lipinski definition) is 0. The Labute approximate surface area is 67.7 Å². The van der Waals surface area contributed by atoms with Crippen LogP contribution in [-0.4, -0.2) is 17.1 Å². The molecule has 1 nitrogen and oxygen atoms in total. The molecule has 0 aromatic carbocycles. The molecule has 1 atom stereocenters. The van der Waals surface area contributed by atoms with E-state index in [0.717, 1.165) is 17.1 Å². The van der Waals surface area contributed by atoms with E-state index < -0.39 is 0 Å². The van der Waals surface area contributed by atoms with Crippen molar-refractivity contribution in [2.45, 2.75) is 34.1 Å². The van der Waals surface area contributed by atoms with Crippen LogP contribution in [0.3, 0.4) is 0 Å². The highest BCUT2D eigenvalue weighted by molar-refractivity contribution is 5.97. The Morgan fingerprint density at radius 1 is 1.50 bits per heavy atom. The predicted molar refractivity (Wildman–Crippen MR) is 49.1 cm³/mol. The van der Waals surface area contributed by atoms with Crippen molar-refractivity contribution in [3.8, 4) is 0 Å². The Bertz CT molecular complexity index is 91.3. The molecule has 0 bridgehead atoms. The van der Waals surface area contributed by atoms with Gasteiger partial charge in [0.25, 0.3) is 0 Å². The summed E-state index contributed by atoms with van der Waals surface area (Å²) in [5, 5.41) is 0. The Morgan fingerprint density at radius 2 is 2.00 bits per heavy atom. The second-order valence-corrected chi connectivity index (χ2v) is 4.28. The van der Waals surface area contributed by atoms with Gasteiger partial charge in [0.1, 0.15) is 10.5 Å².